The molecule has 3 heteroatoms. The fourth-order valence-electron chi connectivity index (χ4n) is 1.36. The Morgan fingerprint density at radius 1 is 1.50 bits per heavy atom. The van der Waals surface area contributed by atoms with Crippen molar-refractivity contribution in [3.8, 4) is 0 Å². The minimum atomic E-state index is 0.0844. The summed E-state index contributed by atoms with van der Waals surface area (Å²) in [6, 6.07) is 8.28. The molecule has 0 spiro atoms. The van der Waals surface area contributed by atoms with Gasteiger partial charge in [-0.3, -0.25) is 0 Å². The highest BCUT2D eigenvalue weighted by Gasteiger charge is 2.06. The lowest BCUT2D eigenvalue weighted by molar-refractivity contribution is 0.222. The van der Waals surface area contributed by atoms with Crippen molar-refractivity contribution >= 4 is 29.2 Å². The van der Waals surface area contributed by atoms with E-state index in [1.807, 2.05) is 19.1 Å². The fraction of sp³-hybridized carbons (Fsp3) is 0.364. The Bertz CT molecular complexity index is 323. The minimum absolute atomic E-state index is 0.0844. The van der Waals surface area contributed by atoms with Crippen LogP contribution in [0.25, 0.3) is 0 Å². The van der Waals surface area contributed by atoms with Gasteiger partial charge in [0.05, 0.1) is 0 Å². The lowest BCUT2D eigenvalue weighted by atomic mass is 10.0. The maximum atomic E-state index is 5.30. The van der Waals surface area contributed by atoms with E-state index in [9.17, 15) is 0 Å². The van der Waals surface area contributed by atoms with Crippen LogP contribution >= 0.6 is 24.8 Å². The van der Waals surface area contributed by atoms with Crippen molar-refractivity contribution in [1.82, 2.24) is 0 Å². The molecule has 1 nitrogen and oxygen atoms in total. The third kappa shape index (κ3) is 3.68. The second-order valence-corrected chi connectivity index (χ2v) is 4.40. The molecule has 1 rings (SSSR count). The monoisotopic (exact) mass is 226 g/mol. The van der Waals surface area contributed by atoms with Crippen LogP contribution in [0, 0.1) is 6.92 Å². The van der Waals surface area contributed by atoms with E-state index in [4.69, 9.17) is 17.0 Å². The smallest absolute Gasteiger partial charge is 0.217 e. The van der Waals surface area contributed by atoms with E-state index in [-0.39, 0.29) is 6.10 Å². The Labute approximate surface area is 95.9 Å². The van der Waals surface area contributed by atoms with Crippen LogP contribution in [0.3, 0.4) is 0 Å². The van der Waals surface area contributed by atoms with Crippen LogP contribution in [-0.2, 0) is 11.2 Å². The number of ether oxygens (including phenoxy) is 1. The number of rotatable bonds is 3. The maximum absolute atomic E-state index is 5.30. The summed E-state index contributed by atoms with van der Waals surface area (Å²) < 4.78 is 5.62. The maximum Gasteiger partial charge on any atom is 0.217 e. The van der Waals surface area contributed by atoms with Crippen LogP contribution in [0.4, 0.5) is 0 Å². The topological polar surface area (TPSA) is 9.23 Å². The lowest BCUT2D eigenvalue weighted by Crippen LogP contribution is -2.13. The molecular formula is C11H14OS2. The first-order valence-electron chi connectivity index (χ1n) is 4.53. The van der Waals surface area contributed by atoms with Crippen LogP contribution < -0.4 is 0 Å². The van der Waals surface area contributed by atoms with Crippen molar-refractivity contribution in [2.75, 3.05) is 0 Å². The summed E-state index contributed by atoms with van der Waals surface area (Å²) in [6.07, 6.45) is 0.953. The molecule has 0 aliphatic heterocycles. The number of hydrogen-bond acceptors (Lipinski definition) is 2. The average Bonchev–Trinajstić information content (AvgIpc) is 2.07. The zero-order valence-electron chi connectivity index (χ0n) is 8.36. The number of benzene rings is 1. The SMILES string of the molecule is Cc1ccccc1CC(C)OC(=S)S. The molecule has 0 N–H and O–H groups in total. The predicted molar refractivity (Wildman–Crippen MR) is 67.0 cm³/mol. The van der Waals surface area contributed by atoms with E-state index in [0.29, 0.717) is 4.38 Å². The van der Waals surface area contributed by atoms with Gasteiger partial charge in [-0.15, -0.1) is 0 Å². The molecular weight excluding hydrogens is 212 g/mol. The first-order chi connectivity index (χ1) is 6.59. The van der Waals surface area contributed by atoms with Crippen molar-refractivity contribution in [1.29, 1.82) is 0 Å². The second kappa shape index (κ2) is 5.37. The van der Waals surface area contributed by atoms with Crippen molar-refractivity contribution in [3.63, 3.8) is 0 Å². The van der Waals surface area contributed by atoms with E-state index >= 15 is 0 Å². The second-order valence-electron chi connectivity index (χ2n) is 3.32. The highest BCUT2D eigenvalue weighted by atomic mass is 32.1. The molecule has 0 heterocycles. The summed E-state index contributed by atoms with van der Waals surface area (Å²) in [5, 5.41) is 0. The fourth-order valence-corrected chi connectivity index (χ4v) is 1.71. The molecule has 0 amide bonds. The number of aryl methyl sites for hydroxylation is 1. The van der Waals surface area contributed by atoms with Crippen LogP contribution in [0.1, 0.15) is 18.1 Å². The van der Waals surface area contributed by atoms with Gasteiger partial charge in [0.1, 0.15) is 6.10 Å². The van der Waals surface area contributed by atoms with Gasteiger partial charge in [0.2, 0.25) is 4.38 Å². The zero-order chi connectivity index (χ0) is 10.6. The summed E-state index contributed by atoms with van der Waals surface area (Å²) in [5.74, 6) is 0. The van der Waals surface area contributed by atoms with Gasteiger partial charge in [0, 0.05) is 6.42 Å². The van der Waals surface area contributed by atoms with E-state index in [0.717, 1.165) is 6.42 Å². The van der Waals surface area contributed by atoms with Gasteiger partial charge in [-0.25, -0.2) is 0 Å². The predicted octanol–water partition coefficient (Wildman–Crippen LogP) is 3.16. The van der Waals surface area contributed by atoms with E-state index in [1.54, 1.807) is 0 Å². The quantitative estimate of drug-likeness (QED) is 0.626. The standard InChI is InChI=1S/C11H14OS2/c1-8-5-3-4-6-10(8)7-9(2)12-11(13)14/h3-6,9H,7H2,1-2H3,(H,13,14). The summed E-state index contributed by atoms with van der Waals surface area (Å²) >= 11 is 8.70. The first kappa shape index (κ1) is 11.5. The Kier molecular flexibility index (Phi) is 4.42. The highest BCUT2D eigenvalue weighted by Crippen LogP contribution is 2.11. The van der Waals surface area contributed by atoms with Gasteiger partial charge in [0.15, 0.2) is 0 Å². The van der Waals surface area contributed by atoms with Crippen LogP contribution in [-0.4, -0.2) is 10.5 Å². The van der Waals surface area contributed by atoms with Crippen LogP contribution in [0.15, 0.2) is 24.3 Å². The van der Waals surface area contributed by atoms with Crippen LogP contribution in [0.2, 0.25) is 0 Å². The molecule has 1 atom stereocenters. The number of thiocarbonyl (C=S) groups is 1. The lowest BCUT2D eigenvalue weighted by Gasteiger charge is -2.13. The zero-order valence-corrected chi connectivity index (χ0v) is 10.1. The van der Waals surface area contributed by atoms with Crippen molar-refractivity contribution in [2.24, 2.45) is 0 Å². The number of thiol groups is 1. The molecule has 0 aliphatic rings. The third-order valence-electron chi connectivity index (χ3n) is 2.07. The normalized spacial score (nSPS) is 12.2. The Balaban J connectivity index is 2.60. The van der Waals surface area contributed by atoms with E-state index in [2.05, 4.69) is 31.7 Å². The molecule has 0 aliphatic carbocycles. The average molecular weight is 226 g/mol. The summed E-state index contributed by atoms with van der Waals surface area (Å²) in [7, 11) is 0. The molecule has 0 radical (unpaired) electrons. The van der Waals surface area contributed by atoms with Gasteiger partial charge in [-0.05, 0) is 37.2 Å². The molecule has 0 bridgehead atoms. The third-order valence-corrected chi connectivity index (χ3v) is 2.27. The molecule has 0 saturated carbocycles. The molecule has 0 fully saturated rings. The molecule has 0 saturated heterocycles. The molecule has 1 unspecified atom stereocenters. The van der Waals surface area contributed by atoms with Crippen molar-refractivity contribution in [2.45, 2.75) is 26.4 Å². The van der Waals surface area contributed by atoms with Crippen LogP contribution in [0.5, 0.6) is 0 Å². The number of hydrogen-bond donors (Lipinski definition) is 1. The Morgan fingerprint density at radius 3 is 2.71 bits per heavy atom. The summed E-state index contributed by atoms with van der Waals surface area (Å²) in [5.41, 5.74) is 2.58. The van der Waals surface area contributed by atoms with Gasteiger partial charge in [0.25, 0.3) is 0 Å². The molecule has 1 aromatic rings. The molecule has 14 heavy (non-hydrogen) atoms. The molecule has 1 aromatic carbocycles. The van der Waals surface area contributed by atoms with Gasteiger partial charge in [-0.1, -0.05) is 36.9 Å². The van der Waals surface area contributed by atoms with Gasteiger partial charge >= 0.3 is 0 Å². The van der Waals surface area contributed by atoms with Crippen molar-refractivity contribution in [3.05, 3.63) is 35.4 Å². The Morgan fingerprint density at radius 2 is 2.14 bits per heavy atom. The van der Waals surface area contributed by atoms with Gasteiger partial charge in [-0.2, -0.15) is 0 Å². The van der Waals surface area contributed by atoms with E-state index < -0.39 is 0 Å². The molecule has 0 aromatic heterocycles. The summed E-state index contributed by atoms with van der Waals surface area (Å²) in [6.45, 7) is 4.09. The molecule has 76 valence electrons. The first-order valence-corrected chi connectivity index (χ1v) is 5.39. The van der Waals surface area contributed by atoms with Gasteiger partial charge < -0.3 is 4.74 Å². The van der Waals surface area contributed by atoms with E-state index in [1.165, 1.54) is 11.1 Å². The van der Waals surface area contributed by atoms with Crippen molar-refractivity contribution < 1.29 is 4.74 Å². The minimum Gasteiger partial charge on any atom is -0.475 e. The Hall–Kier alpha value is -0.540. The highest BCUT2D eigenvalue weighted by molar-refractivity contribution is 8.10. The largest absolute Gasteiger partial charge is 0.475 e. The summed E-state index contributed by atoms with van der Waals surface area (Å²) in [4.78, 5) is 0.